The number of benzene rings is 1. The maximum atomic E-state index is 11.7. The van der Waals surface area contributed by atoms with E-state index >= 15 is 0 Å². The van der Waals surface area contributed by atoms with Gasteiger partial charge in [-0.05, 0) is 43.2 Å². The standard InChI is InChI=1S/C15H15N3O3/c1-10-5-3-7-13(11(10)2)17-14(19)15(20)18-16-9-12-6-4-8-21-12/h3-9H,1-2H3,(H,17,19)(H,18,20)/b16-9+. The van der Waals surface area contributed by atoms with Crippen molar-refractivity contribution in [1.82, 2.24) is 5.43 Å². The molecular formula is C15H15N3O3. The summed E-state index contributed by atoms with van der Waals surface area (Å²) >= 11 is 0. The summed E-state index contributed by atoms with van der Waals surface area (Å²) in [6.07, 6.45) is 2.79. The van der Waals surface area contributed by atoms with Gasteiger partial charge in [0.15, 0.2) is 0 Å². The van der Waals surface area contributed by atoms with E-state index < -0.39 is 11.8 Å². The summed E-state index contributed by atoms with van der Waals surface area (Å²) in [4.78, 5) is 23.4. The smallest absolute Gasteiger partial charge is 0.329 e. The second kappa shape index (κ2) is 6.51. The number of rotatable bonds is 3. The monoisotopic (exact) mass is 285 g/mol. The molecule has 2 aromatic rings. The van der Waals surface area contributed by atoms with E-state index in [-0.39, 0.29) is 0 Å². The van der Waals surface area contributed by atoms with Gasteiger partial charge in [-0.1, -0.05) is 12.1 Å². The molecule has 21 heavy (non-hydrogen) atoms. The lowest BCUT2D eigenvalue weighted by Gasteiger charge is -2.09. The number of aryl methyl sites for hydroxylation is 1. The van der Waals surface area contributed by atoms with Gasteiger partial charge in [0.2, 0.25) is 0 Å². The van der Waals surface area contributed by atoms with E-state index in [0.717, 1.165) is 11.1 Å². The number of anilines is 1. The van der Waals surface area contributed by atoms with Gasteiger partial charge in [0.1, 0.15) is 5.76 Å². The molecule has 0 unspecified atom stereocenters. The van der Waals surface area contributed by atoms with Crippen LogP contribution < -0.4 is 10.7 Å². The first-order valence-corrected chi connectivity index (χ1v) is 6.32. The Morgan fingerprint density at radius 2 is 1.95 bits per heavy atom. The largest absolute Gasteiger partial charge is 0.463 e. The number of carbonyl (C=O) groups excluding carboxylic acids is 2. The molecule has 2 rings (SSSR count). The van der Waals surface area contributed by atoms with Crippen molar-refractivity contribution in [1.29, 1.82) is 0 Å². The number of furan rings is 1. The molecule has 2 amide bonds. The Bertz CT molecular complexity index is 675. The van der Waals surface area contributed by atoms with Gasteiger partial charge < -0.3 is 9.73 Å². The van der Waals surface area contributed by atoms with Gasteiger partial charge in [-0.2, -0.15) is 5.10 Å². The van der Waals surface area contributed by atoms with E-state index in [4.69, 9.17) is 4.42 Å². The lowest BCUT2D eigenvalue weighted by molar-refractivity contribution is -0.136. The van der Waals surface area contributed by atoms with Crippen molar-refractivity contribution in [3.05, 3.63) is 53.5 Å². The fourth-order valence-electron chi connectivity index (χ4n) is 1.64. The molecule has 1 aromatic carbocycles. The van der Waals surface area contributed by atoms with Crippen LogP contribution in [-0.4, -0.2) is 18.0 Å². The van der Waals surface area contributed by atoms with Crippen molar-refractivity contribution in [3.8, 4) is 0 Å². The lowest BCUT2D eigenvalue weighted by Crippen LogP contribution is -2.32. The highest BCUT2D eigenvalue weighted by molar-refractivity contribution is 6.39. The minimum atomic E-state index is -0.848. The SMILES string of the molecule is Cc1cccc(NC(=O)C(=O)N/N=C/c2ccco2)c1C. The molecule has 0 aliphatic heterocycles. The summed E-state index contributed by atoms with van der Waals surface area (Å²) in [5.74, 6) is -1.15. The van der Waals surface area contributed by atoms with Crippen LogP contribution in [0, 0.1) is 13.8 Å². The van der Waals surface area contributed by atoms with Crippen LogP contribution >= 0.6 is 0 Å². The summed E-state index contributed by atoms with van der Waals surface area (Å²) in [7, 11) is 0. The first-order valence-electron chi connectivity index (χ1n) is 6.32. The third-order valence-corrected chi connectivity index (χ3v) is 2.96. The van der Waals surface area contributed by atoms with E-state index in [2.05, 4.69) is 15.8 Å². The van der Waals surface area contributed by atoms with Gasteiger partial charge >= 0.3 is 11.8 Å². The van der Waals surface area contributed by atoms with Gasteiger partial charge in [-0.3, -0.25) is 9.59 Å². The minimum absolute atomic E-state index is 0.477. The number of hydrogen-bond donors (Lipinski definition) is 2. The first-order chi connectivity index (χ1) is 10.1. The number of hydrogen-bond acceptors (Lipinski definition) is 4. The third-order valence-electron chi connectivity index (χ3n) is 2.96. The average molecular weight is 285 g/mol. The van der Waals surface area contributed by atoms with Gasteiger partial charge in [0.25, 0.3) is 0 Å². The quantitative estimate of drug-likeness (QED) is 0.514. The Labute approximate surface area is 121 Å². The molecule has 0 radical (unpaired) electrons. The van der Waals surface area contributed by atoms with Crippen molar-refractivity contribution in [2.45, 2.75) is 13.8 Å². The number of nitrogens with zero attached hydrogens (tertiary/aromatic N) is 1. The van der Waals surface area contributed by atoms with E-state index in [1.54, 1.807) is 18.2 Å². The summed E-state index contributed by atoms with van der Waals surface area (Å²) in [6.45, 7) is 3.80. The highest BCUT2D eigenvalue weighted by Crippen LogP contribution is 2.17. The van der Waals surface area contributed by atoms with Crippen LogP contribution in [0.15, 0.2) is 46.1 Å². The van der Waals surface area contributed by atoms with Gasteiger partial charge in [0, 0.05) is 5.69 Å². The average Bonchev–Trinajstić information content (AvgIpc) is 2.97. The van der Waals surface area contributed by atoms with Crippen LogP contribution in [0.1, 0.15) is 16.9 Å². The molecule has 108 valence electrons. The van der Waals surface area contributed by atoms with Crippen LogP contribution in [0.4, 0.5) is 5.69 Å². The summed E-state index contributed by atoms with van der Waals surface area (Å²) < 4.78 is 5.00. The lowest BCUT2D eigenvalue weighted by atomic mass is 10.1. The van der Waals surface area contributed by atoms with Crippen molar-refractivity contribution in [2.24, 2.45) is 5.10 Å². The molecule has 0 atom stereocenters. The Morgan fingerprint density at radius 3 is 2.67 bits per heavy atom. The normalized spacial score (nSPS) is 10.6. The molecule has 0 aliphatic rings. The second-order valence-corrected chi connectivity index (χ2v) is 4.42. The van der Waals surface area contributed by atoms with Crippen molar-refractivity contribution >= 4 is 23.7 Å². The highest BCUT2D eigenvalue weighted by atomic mass is 16.3. The van der Waals surface area contributed by atoms with E-state index in [9.17, 15) is 9.59 Å². The number of amides is 2. The molecule has 6 nitrogen and oxygen atoms in total. The van der Waals surface area contributed by atoms with Crippen molar-refractivity contribution in [2.75, 3.05) is 5.32 Å². The first kappa shape index (κ1) is 14.5. The predicted molar refractivity (Wildman–Crippen MR) is 79.0 cm³/mol. The molecule has 2 N–H and O–H groups in total. The minimum Gasteiger partial charge on any atom is -0.463 e. The van der Waals surface area contributed by atoms with E-state index in [1.165, 1.54) is 12.5 Å². The van der Waals surface area contributed by atoms with E-state index in [0.29, 0.717) is 11.4 Å². The maximum absolute atomic E-state index is 11.7. The van der Waals surface area contributed by atoms with E-state index in [1.807, 2.05) is 26.0 Å². The molecule has 1 aromatic heterocycles. The number of carbonyl (C=O) groups is 2. The van der Waals surface area contributed by atoms with Crippen LogP contribution in [0.25, 0.3) is 0 Å². The molecule has 0 aliphatic carbocycles. The Hall–Kier alpha value is -2.89. The Balaban J connectivity index is 1.94. The Morgan fingerprint density at radius 1 is 1.14 bits per heavy atom. The number of nitrogens with one attached hydrogen (secondary N) is 2. The predicted octanol–water partition coefficient (Wildman–Crippen LogP) is 1.99. The van der Waals surface area contributed by atoms with Crippen molar-refractivity contribution < 1.29 is 14.0 Å². The van der Waals surface area contributed by atoms with Crippen LogP contribution in [-0.2, 0) is 9.59 Å². The van der Waals surface area contributed by atoms with Crippen LogP contribution in [0.3, 0.4) is 0 Å². The fourth-order valence-corrected chi connectivity index (χ4v) is 1.64. The van der Waals surface area contributed by atoms with Crippen molar-refractivity contribution in [3.63, 3.8) is 0 Å². The molecule has 0 bridgehead atoms. The van der Waals surface area contributed by atoms with Crippen LogP contribution in [0.2, 0.25) is 0 Å². The third kappa shape index (κ3) is 3.79. The molecule has 0 spiro atoms. The second-order valence-electron chi connectivity index (χ2n) is 4.42. The fraction of sp³-hybridized carbons (Fsp3) is 0.133. The van der Waals surface area contributed by atoms with Gasteiger partial charge in [-0.25, -0.2) is 5.43 Å². The Kier molecular flexibility index (Phi) is 4.50. The number of hydrazone groups is 1. The molecule has 0 saturated heterocycles. The summed E-state index contributed by atoms with van der Waals surface area (Å²) in [5, 5.41) is 6.18. The summed E-state index contributed by atoms with van der Waals surface area (Å²) in [6, 6.07) is 8.84. The van der Waals surface area contributed by atoms with Crippen LogP contribution in [0.5, 0.6) is 0 Å². The zero-order valence-electron chi connectivity index (χ0n) is 11.7. The topological polar surface area (TPSA) is 83.7 Å². The molecule has 0 fully saturated rings. The zero-order valence-corrected chi connectivity index (χ0v) is 11.7. The molecule has 0 saturated carbocycles. The molecule has 6 heteroatoms. The molecule has 1 heterocycles. The highest BCUT2D eigenvalue weighted by Gasteiger charge is 2.14. The maximum Gasteiger partial charge on any atom is 0.329 e. The summed E-state index contributed by atoms with van der Waals surface area (Å²) in [5.41, 5.74) is 4.68. The van der Waals surface area contributed by atoms with Gasteiger partial charge in [-0.15, -0.1) is 0 Å². The molecular weight excluding hydrogens is 270 g/mol. The zero-order chi connectivity index (χ0) is 15.2. The van der Waals surface area contributed by atoms with Gasteiger partial charge in [0.05, 0.1) is 12.5 Å².